The van der Waals surface area contributed by atoms with Crippen LogP contribution in [0.15, 0.2) is 12.3 Å². The van der Waals surface area contributed by atoms with Gasteiger partial charge in [0.25, 0.3) is 0 Å². The van der Waals surface area contributed by atoms with Crippen molar-refractivity contribution in [3.63, 3.8) is 0 Å². The Morgan fingerprint density at radius 1 is 1.64 bits per heavy atom. The van der Waals surface area contributed by atoms with Gasteiger partial charge in [0, 0.05) is 6.54 Å². The Balaban J connectivity index is 2.67. The molecule has 1 atom stereocenters. The van der Waals surface area contributed by atoms with Gasteiger partial charge in [-0.25, -0.2) is 0 Å². The van der Waals surface area contributed by atoms with E-state index in [2.05, 4.69) is 11.4 Å². The molecule has 0 aromatic rings. The van der Waals surface area contributed by atoms with Crippen LogP contribution in [0.3, 0.4) is 0 Å². The molecule has 1 heterocycles. The van der Waals surface area contributed by atoms with Crippen LogP contribution >= 0.6 is 0 Å². The van der Waals surface area contributed by atoms with E-state index in [1.807, 2.05) is 27.0 Å². The summed E-state index contributed by atoms with van der Waals surface area (Å²) in [5.41, 5.74) is -0.408. The summed E-state index contributed by atoms with van der Waals surface area (Å²) in [7, 11) is 0. The molecule has 0 aliphatic carbocycles. The molecular formula is C11H19NO2. The summed E-state index contributed by atoms with van der Waals surface area (Å²) in [6.45, 7) is 7.13. The Labute approximate surface area is 85.5 Å². The number of hydrogen-bond donors (Lipinski definition) is 1. The second-order valence-corrected chi connectivity index (χ2v) is 4.15. The molecule has 0 fully saturated rings. The third-order valence-corrected chi connectivity index (χ3v) is 2.77. The highest BCUT2D eigenvalue weighted by Crippen LogP contribution is 2.32. The van der Waals surface area contributed by atoms with Crippen molar-refractivity contribution in [3.8, 4) is 0 Å². The molecule has 3 nitrogen and oxygen atoms in total. The predicted octanol–water partition coefficient (Wildman–Crippen LogP) is 1.70. The highest BCUT2D eigenvalue weighted by atomic mass is 16.5. The highest BCUT2D eigenvalue weighted by molar-refractivity contribution is 5.76. The molecule has 0 saturated carbocycles. The van der Waals surface area contributed by atoms with Crippen molar-refractivity contribution < 1.29 is 9.53 Å². The van der Waals surface area contributed by atoms with Crippen LogP contribution in [-0.4, -0.2) is 19.1 Å². The molecule has 0 radical (unpaired) electrons. The van der Waals surface area contributed by atoms with Gasteiger partial charge in [-0.15, -0.1) is 0 Å². The smallest absolute Gasteiger partial charge is 0.312 e. The molecule has 0 spiro atoms. The Kier molecular flexibility index (Phi) is 3.55. The average molecular weight is 197 g/mol. The van der Waals surface area contributed by atoms with Crippen LogP contribution in [0.1, 0.15) is 27.2 Å². The van der Waals surface area contributed by atoms with E-state index in [4.69, 9.17) is 4.74 Å². The molecule has 1 aliphatic heterocycles. The maximum atomic E-state index is 11.7. The third kappa shape index (κ3) is 2.28. The first kappa shape index (κ1) is 11.1. The predicted molar refractivity (Wildman–Crippen MR) is 55.7 cm³/mol. The molecule has 1 aliphatic rings. The second-order valence-electron chi connectivity index (χ2n) is 4.15. The number of esters is 1. The van der Waals surface area contributed by atoms with E-state index < -0.39 is 5.41 Å². The van der Waals surface area contributed by atoms with Crippen molar-refractivity contribution in [2.24, 2.45) is 11.3 Å². The Morgan fingerprint density at radius 2 is 2.36 bits per heavy atom. The molecule has 0 aromatic carbocycles. The molecule has 1 unspecified atom stereocenters. The molecule has 1 N–H and O–H groups in total. The standard InChI is InChI=1S/C11H19NO2/c1-4-14-10(13)11(2,3)9-5-7-12-8-6-9/h5,7,9,12H,4,6,8H2,1-3H3. The van der Waals surface area contributed by atoms with Gasteiger partial charge in [-0.3, -0.25) is 4.79 Å². The van der Waals surface area contributed by atoms with Gasteiger partial charge in [-0.2, -0.15) is 0 Å². The van der Waals surface area contributed by atoms with Gasteiger partial charge in [0.1, 0.15) is 0 Å². The summed E-state index contributed by atoms with van der Waals surface area (Å²) in [6, 6.07) is 0. The number of rotatable bonds is 3. The molecule has 0 saturated heterocycles. The van der Waals surface area contributed by atoms with Gasteiger partial charge in [-0.05, 0) is 39.3 Å². The van der Waals surface area contributed by atoms with Gasteiger partial charge in [-0.1, -0.05) is 6.08 Å². The first-order valence-corrected chi connectivity index (χ1v) is 5.16. The SMILES string of the molecule is CCOC(=O)C(C)(C)C1C=CNCC1. The first-order chi connectivity index (χ1) is 6.59. The minimum absolute atomic E-state index is 0.100. The number of carbonyl (C=O) groups excluding carboxylic acids is 1. The van der Waals surface area contributed by atoms with Crippen LogP contribution in [0, 0.1) is 11.3 Å². The van der Waals surface area contributed by atoms with E-state index in [-0.39, 0.29) is 11.9 Å². The zero-order chi connectivity index (χ0) is 10.6. The van der Waals surface area contributed by atoms with Crippen molar-refractivity contribution in [2.45, 2.75) is 27.2 Å². The summed E-state index contributed by atoms with van der Waals surface area (Å²) in [5.74, 6) is 0.180. The molecule has 3 heteroatoms. The van der Waals surface area contributed by atoms with Crippen molar-refractivity contribution in [2.75, 3.05) is 13.2 Å². The van der Waals surface area contributed by atoms with Gasteiger partial charge in [0.2, 0.25) is 0 Å². The molecule has 80 valence electrons. The topological polar surface area (TPSA) is 38.3 Å². The number of ether oxygens (including phenoxy) is 1. The number of nitrogens with one attached hydrogen (secondary N) is 1. The summed E-state index contributed by atoms with van der Waals surface area (Å²) in [4.78, 5) is 11.7. The van der Waals surface area contributed by atoms with Crippen LogP contribution in [0.2, 0.25) is 0 Å². The number of allylic oxidation sites excluding steroid dienone is 1. The van der Waals surface area contributed by atoms with Crippen molar-refractivity contribution in [3.05, 3.63) is 12.3 Å². The fourth-order valence-corrected chi connectivity index (χ4v) is 1.67. The van der Waals surface area contributed by atoms with Crippen LogP contribution in [0.4, 0.5) is 0 Å². The molecule has 1 rings (SSSR count). The summed E-state index contributed by atoms with van der Waals surface area (Å²) in [5, 5.41) is 3.13. The van der Waals surface area contributed by atoms with E-state index in [1.165, 1.54) is 0 Å². The maximum Gasteiger partial charge on any atom is 0.312 e. The normalized spacial score (nSPS) is 21.5. The van der Waals surface area contributed by atoms with Gasteiger partial charge in [0.05, 0.1) is 12.0 Å². The lowest BCUT2D eigenvalue weighted by molar-refractivity contribution is -0.155. The summed E-state index contributed by atoms with van der Waals surface area (Å²) < 4.78 is 5.07. The largest absolute Gasteiger partial charge is 0.466 e. The highest BCUT2D eigenvalue weighted by Gasteiger charge is 2.36. The minimum Gasteiger partial charge on any atom is -0.466 e. The van der Waals surface area contributed by atoms with Gasteiger partial charge in [0.15, 0.2) is 0 Å². The lowest BCUT2D eigenvalue weighted by Gasteiger charge is -2.31. The fraction of sp³-hybridized carbons (Fsp3) is 0.727. The van der Waals surface area contributed by atoms with Crippen molar-refractivity contribution in [1.82, 2.24) is 5.32 Å². The van der Waals surface area contributed by atoms with Crippen LogP contribution in [0.25, 0.3) is 0 Å². The Morgan fingerprint density at radius 3 is 2.86 bits per heavy atom. The monoisotopic (exact) mass is 197 g/mol. The number of carbonyl (C=O) groups is 1. The molecule has 0 aromatic heterocycles. The minimum atomic E-state index is -0.408. The summed E-state index contributed by atoms with van der Waals surface area (Å²) in [6.07, 6.45) is 4.97. The Hall–Kier alpha value is -0.990. The quantitative estimate of drug-likeness (QED) is 0.700. The molecule has 14 heavy (non-hydrogen) atoms. The van der Waals surface area contributed by atoms with E-state index in [9.17, 15) is 4.79 Å². The van der Waals surface area contributed by atoms with E-state index in [0.29, 0.717) is 6.61 Å². The molecular weight excluding hydrogens is 178 g/mol. The van der Waals surface area contributed by atoms with Gasteiger partial charge < -0.3 is 10.1 Å². The average Bonchev–Trinajstić information content (AvgIpc) is 2.19. The van der Waals surface area contributed by atoms with E-state index in [1.54, 1.807) is 0 Å². The number of hydrogen-bond acceptors (Lipinski definition) is 3. The first-order valence-electron chi connectivity index (χ1n) is 5.16. The van der Waals surface area contributed by atoms with E-state index >= 15 is 0 Å². The zero-order valence-electron chi connectivity index (χ0n) is 9.17. The van der Waals surface area contributed by atoms with Crippen LogP contribution < -0.4 is 5.32 Å². The lowest BCUT2D eigenvalue weighted by atomic mass is 9.76. The lowest BCUT2D eigenvalue weighted by Crippen LogP contribution is -2.36. The van der Waals surface area contributed by atoms with Crippen molar-refractivity contribution in [1.29, 1.82) is 0 Å². The second kappa shape index (κ2) is 4.49. The zero-order valence-corrected chi connectivity index (χ0v) is 9.17. The van der Waals surface area contributed by atoms with E-state index in [0.717, 1.165) is 13.0 Å². The fourth-order valence-electron chi connectivity index (χ4n) is 1.67. The van der Waals surface area contributed by atoms with Crippen LogP contribution in [-0.2, 0) is 9.53 Å². The molecule has 0 bridgehead atoms. The maximum absolute atomic E-state index is 11.7. The van der Waals surface area contributed by atoms with Crippen molar-refractivity contribution >= 4 is 5.97 Å². The van der Waals surface area contributed by atoms with Gasteiger partial charge >= 0.3 is 5.97 Å². The van der Waals surface area contributed by atoms with Crippen LogP contribution in [0.5, 0.6) is 0 Å². The summed E-state index contributed by atoms with van der Waals surface area (Å²) >= 11 is 0. The molecule has 0 amide bonds. The third-order valence-electron chi connectivity index (χ3n) is 2.77. The Bertz CT molecular complexity index is 233.